The lowest BCUT2D eigenvalue weighted by molar-refractivity contribution is 0.245. The summed E-state index contributed by atoms with van der Waals surface area (Å²) >= 11 is 0. The van der Waals surface area contributed by atoms with Crippen LogP contribution in [0, 0.1) is 0 Å². The minimum absolute atomic E-state index is 0.590. The van der Waals surface area contributed by atoms with E-state index in [9.17, 15) is 0 Å². The van der Waals surface area contributed by atoms with Crippen LogP contribution in [0.5, 0.6) is 0 Å². The molecule has 0 bridgehead atoms. The molecular formula is C15H24N2. The molecule has 0 heterocycles. The smallest absolute Gasteiger partial charge is 0.0169 e. The Morgan fingerprint density at radius 1 is 1.24 bits per heavy atom. The Labute approximate surface area is 105 Å². The van der Waals surface area contributed by atoms with Crippen LogP contribution in [-0.2, 0) is 0 Å². The molecule has 1 aromatic rings. The third-order valence-corrected chi connectivity index (χ3v) is 3.57. The molecule has 2 heteroatoms. The number of likely N-dealkylation sites (N-methyl/N-ethyl adjacent to an activating group) is 1. The van der Waals surface area contributed by atoms with Crippen LogP contribution in [0.15, 0.2) is 30.3 Å². The lowest BCUT2D eigenvalue weighted by Gasteiger charge is -2.38. The first-order valence-corrected chi connectivity index (χ1v) is 6.61. The fourth-order valence-electron chi connectivity index (χ4n) is 2.75. The average molecular weight is 232 g/mol. The highest BCUT2D eigenvalue weighted by molar-refractivity contribution is 5.22. The first-order chi connectivity index (χ1) is 8.15. The van der Waals surface area contributed by atoms with E-state index in [0.29, 0.717) is 6.04 Å². The molecule has 0 aromatic heterocycles. The van der Waals surface area contributed by atoms with Gasteiger partial charge < -0.3 is 10.2 Å². The molecule has 2 nitrogen and oxygen atoms in total. The fourth-order valence-corrected chi connectivity index (χ4v) is 2.75. The van der Waals surface area contributed by atoms with Crippen molar-refractivity contribution in [2.24, 2.45) is 0 Å². The summed E-state index contributed by atoms with van der Waals surface area (Å²) < 4.78 is 0. The van der Waals surface area contributed by atoms with Crippen LogP contribution >= 0.6 is 0 Å². The molecule has 2 rings (SSSR count). The third kappa shape index (κ3) is 3.55. The molecule has 1 aliphatic carbocycles. The molecule has 0 saturated heterocycles. The van der Waals surface area contributed by atoms with Gasteiger partial charge in [0.25, 0.3) is 0 Å². The van der Waals surface area contributed by atoms with E-state index >= 15 is 0 Å². The van der Waals surface area contributed by atoms with E-state index in [1.807, 2.05) is 0 Å². The lowest BCUT2D eigenvalue weighted by atomic mass is 9.75. The highest BCUT2D eigenvalue weighted by atomic mass is 15.1. The normalized spacial score (nSPS) is 25.6. The van der Waals surface area contributed by atoms with Crippen molar-refractivity contribution >= 4 is 0 Å². The van der Waals surface area contributed by atoms with Gasteiger partial charge in [0, 0.05) is 18.6 Å². The van der Waals surface area contributed by atoms with E-state index < -0.39 is 0 Å². The van der Waals surface area contributed by atoms with Crippen molar-refractivity contribution in [3.05, 3.63) is 35.9 Å². The summed E-state index contributed by atoms with van der Waals surface area (Å²) in [5, 5.41) is 3.71. The first-order valence-electron chi connectivity index (χ1n) is 6.61. The first kappa shape index (κ1) is 12.6. The van der Waals surface area contributed by atoms with Gasteiger partial charge in [-0.25, -0.2) is 0 Å². The molecule has 1 unspecified atom stereocenters. The van der Waals surface area contributed by atoms with Crippen LogP contribution in [0.3, 0.4) is 0 Å². The van der Waals surface area contributed by atoms with E-state index in [-0.39, 0.29) is 0 Å². The van der Waals surface area contributed by atoms with E-state index in [0.717, 1.165) is 18.5 Å². The highest BCUT2D eigenvalue weighted by Gasteiger charge is 2.30. The van der Waals surface area contributed by atoms with E-state index in [1.54, 1.807) is 0 Å². The second-order valence-electron chi connectivity index (χ2n) is 5.61. The Hall–Kier alpha value is -0.860. The van der Waals surface area contributed by atoms with Crippen molar-refractivity contribution in [2.75, 3.05) is 20.6 Å². The van der Waals surface area contributed by atoms with E-state index in [4.69, 9.17) is 0 Å². The van der Waals surface area contributed by atoms with Crippen molar-refractivity contribution in [1.29, 1.82) is 0 Å². The van der Waals surface area contributed by atoms with Gasteiger partial charge >= 0.3 is 0 Å². The van der Waals surface area contributed by atoms with E-state index in [2.05, 4.69) is 61.6 Å². The van der Waals surface area contributed by atoms with Crippen molar-refractivity contribution in [3.8, 4) is 0 Å². The van der Waals surface area contributed by atoms with Gasteiger partial charge in [0.15, 0.2) is 0 Å². The average Bonchev–Trinajstić information content (AvgIpc) is 2.23. The van der Waals surface area contributed by atoms with Crippen LogP contribution in [0.1, 0.15) is 31.2 Å². The number of nitrogens with zero attached hydrogens (tertiary/aromatic N) is 1. The fraction of sp³-hybridized carbons (Fsp3) is 0.600. The zero-order valence-corrected chi connectivity index (χ0v) is 11.2. The molecule has 0 radical (unpaired) electrons. The summed E-state index contributed by atoms with van der Waals surface area (Å²) in [6.07, 6.45) is 2.59. The maximum Gasteiger partial charge on any atom is 0.0169 e. The number of hydrogen-bond donors (Lipinski definition) is 1. The zero-order chi connectivity index (χ0) is 12.3. The largest absolute Gasteiger partial charge is 0.310 e. The molecule has 17 heavy (non-hydrogen) atoms. The Kier molecular flexibility index (Phi) is 4.19. The molecule has 94 valence electrons. The standard InChI is InChI=1S/C15H24N2/c1-12(11-17(2)3)16-15-9-14(10-15)13-7-5-4-6-8-13/h4-8,12,14-16H,9-11H2,1-3H3. The summed E-state index contributed by atoms with van der Waals surface area (Å²) in [7, 11) is 4.26. The van der Waals surface area contributed by atoms with Crippen LogP contribution < -0.4 is 5.32 Å². The summed E-state index contributed by atoms with van der Waals surface area (Å²) in [6, 6.07) is 12.2. The van der Waals surface area contributed by atoms with Gasteiger partial charge in [-0.2, -0.15) is 0 Å². The van der Waals surface area contributed by atoms with Gasteiger partial charge in [-0.1, -0.05) is 30.3 Å². The van der Waals surface area contributed by atoms with Crippen molar-refractivity contribution in [1.82, 2.24) is 10.2 Å². The quantitative estimate of drug-likeness (QED) is 0.839. The molecule has 0 spiro atoms. The molecule has 0 amide bonds. The summed E-state index contributed by atoms with van der Waals surface area (Å²) in [5.74, 6) is 0.778. The lowest BCUT2D eigenvalue weighted by Crippen LogP contribution is -2.47. The number of hydrogen-bond acceptors (Lipinski definition) is 2. The second kappa shape index (κ2) is 5.65. The Morgan fingerprint density at radius 3 is 2.47 bits per heavy atom. The summed E-state index contributed by atoms with van der Waals surface area (Å²) in [4.78, 5) is 2.24. The van der Waals surface area contributed by atoms with Crippen LogP contribution in [0.2, 0.25) is 0 Å². The van der Waals surface area contributed by atoms with Crippen molar-refractivity contribution in [2.45, 2.75) is 37.8 Å². The Balaban J connectivity index is 1.72. The monoisotopic (exact) mass is 232 g/mol. The molecule has 1 atom stereocenters. The third-order valence-electron chi connectivity index (χ3n) is 3.57. The van der Waals surface area contributed by atoms with Crippen molar-refractivity contribution < 1.29 is 0 Å². The van der Waals surface area contributed by atoms with Crippen LogP contribution in [0.4, 0.5) is 0 Å². The predicted molar refractivity (Wildman–Crippen MR) is 73.4 cm³/mol. The van der Waals surface area contributed by atoms with Gasteiger partial charge in [0.2, 0.25) is 0 Å². The molecule has 1 fully saturated rings. The Morgan fingerprint density at radius 2 is 1.88 bits per heavy atom. The van der Waals surface area contributed by atoms with E-state index in [1.165, 1.54) is 18.4 Å². The van der Waals surface area contributed by atoms with Gasteiger partial charge in [0.05, 0.1) is 0 Å². The minimum atomic E-state index is 0.590. The molecule has 0 aliphatic heterocycles. The molecule has 1 saturated carbocycles. The second-order valence-corrected chi connectivity index (χ2v) is 5.61. The Bertz CT molecular complexity index is 328. The van der Waals surface area contributed by atoms with Crippen LogP contribution in [-0.4, -0.2) is 37.6 Å². The number of rotatable bonds is 5. The molecule has 1 N–H and O–H groups in total. The van der Waals surface area contributed by atoms with Crippen molar-refractivity contribution in [3.63, 3.8) is 0 Å². The maximum absolute atomic E-state index is 3.71. The van der Waals surface area contributed by atoms with Gasteiger partial charge in [-0.3, -0.25) is 0 Å². The zero-order valence-electron chi connectivity index (χ0n) is 11.2. The predicted octanol–water partition coefficient (Wildman–Crippen LogP) is 2.47. The topological polar surface area (TPSA) is 15.3 Å². The van der Waals surface area contributed by atoms with Gasteiger partial charge in [0.1, 0.15) is 0 Å². The number of benzene rings is 1. The summed E-state index contributed by atoms with van der Waals surface area (Å²) in [5.41, 5.74) is 1.51. The highest BCUT2D eigenvalue weighted by Crippen LogP contribution is 2.36. The minimum Gasteiger partial charge on any atom is -0.310 e. The van der Waals surface area contributed by atoms with Gasteiger partial charge in [-0.15, -0.1) is 0 Å². The van der Waals surface area contributed by atoms with Crippen LogP contribution in [0.25, 0.3) is 0 Å². The van der Waals surface area contributed by atoms with Gasteiger partial charge in [-0.05, 0) is 45.3 Å². The molecule has 1 aliphatic rings. The maximum atomic E-state index is 3.71. The summed E-state index contributed by atoms with van der Waals surface area (Å²) in [6.45, 7) is 3.39. The number of nitrogens with one attached hydrogen (secondary N) is 1. The molecular weight excluding hydrogens is 208 g/mol. The molecule has 1 aromatic carbocycles. The SMILES string of the molecule is CC(CN(C)C)NC1CC(c2ccccc2)C1.